The number of carbonyl (C=O) groups excluding carboxylic acids is 2. The van der Waals surface area contributed by atoms with Crippen molar-refractivity contribution in [3.63, 3.8) is 0 Å². The summed E-state index contributed by atoms with van der Waals surface area (Å²) in [6, 6.07) is 32.1. The first-order valence-electron chi connectivity index (χ1n) is 12.9. The summed E-state index contributed by atoms with van der Waals surface area (Å²) in [4.78, 5) is 29.7. The second kappa shape index (κ2) is 13.4. The van der Waals surface area contributed by atoms with Crippen LogP contribution in [0.15, 0.2) is 119 Å². The SMILES string of the molecule is COC(=O)c1ccc(COc2ccc(/C=N/NC(=O)c3ccc(CSc4cccc5cccnc45)cc3)cc2)cc1. The van der Waals surface area contributed by atoms with E-state index in [4.69, 9.17) is 9.47 Å². The summed E-state index contributed by atoms with van der Waals surface area (Å²) in [5.41, 5.74) is 7.46. The van der Waals surface area contributed by atoms with Crippen LogP contribution in [0.2, 0.25) is 0 Å². The monoisotopic (exact) mass is 561 g/mol. The van der Waals surface area contributed by atoms with Gasteiger partial charge in [-0.1, -0.05) is 42.5 Å². The van der Waals surface area contributed by atoms with Gasteiger partial charge < -0.3 is 9.47 Å². The van der Waals surface area contributed by atoms with E-state index in [0.717, 1.165) is 38.2 Å². The lowest BCUT2D eigenvalue weighted by Crippen LogP contribution is -2.17. The Balaban J connectivity index is 1.08. The van der Waals surface area contributed by atoms with Gasteiger partial charge in [-0.05, 0) is 77.4 Å². The van der Waals surface area contributed by atoms with E-state index in [2.05, 4.69) is 33.7 Å². The Hall–Kier alpha value is -4.95. The van der Waals surface area contributed by atoms with E-state index in [1.807, 2.05) is 66.9 Å². The van der Waals surface area contributed by atoms with E-state index in [9.17, 15) is 9.59 Å². The lowest BCUT2D eigenvalue weighted by molar-refractivity contribution is 0.0600. The number of para-hydroxylation sites is 1. The summed E-state index contributed by atoms with van der Waals surface area (Å²) >= 11 is 1.72. The number of hydrogen-bond donors (Lipinski definition) is 1. The van der Waals surface area contributed by atoms with Crippen molar-refractivity contribution in [3.8, 4) is 5.75 Å². The molecule has 0 fully saturated rings. The van der Waals surface area contributed by atoms with E-state index in [1.165, 1.54) is 7.11 Å². The van der Waals surface area contributed by atoms with Crippen LogP contribution in [-0.2, 0) is 17.1 Å². The van der Waals surface area contributed by atoms with Crippen molar-refractivity contribution >= 4 is 40.8 Å². The zero-order valence-corrected chi connectivity index (χ0v) is 23.1. The molecule has 1 N–H and O–H groups in total. The Morgan fingerprint density at radius 1 is 0.854 bits per heavy atom. The first kappa shape index (κ1) is 27.6. The number of benzene rings is 4. The fourth-order valence-electron chi connectivity index (χ4n) is 4.01. The van der Waals surface area contributed by atoms with Crippen LogP contribution in [0, 0.1) is 0 Å². The molecule has 0 spiro atoms. The zero-order valence-electron chi connectivity index (χ0n) is 22.3. The Morgan fingerprint density at radius 3 is 2.32 bits per heavy atom. The van der Waals surface area contributed by atoms with Gasteiger partial charge in [-0.15, -0.1) is 11.8 Å². The number of thioether (sulfide) groups is 1. The van der Waals surface area contributed by atoms with Crippen LogP contribution in [0.3, 0.4) is 0 Å². The van der Waals surface area contributed by atoms with Gasteiger partial charge in [-0.3, -0.25) is 9.78 Å². The number of esters is 1. The molecule has 1 amide bonds. The molecular weight excluding hydrogens is 534 g/mol. The highest BCUT2D eigenvalue weighted by Crippen LogP contribution is 2.29. The molecule has 1 heterocycles. The lowest BCUT2D eigenvalue weighted by atomic mass is 10.1. The molecule has 0 aliphatic rings. The second-order valence-corrected chi connectivity index (χ2v) is 10.1. The van der Waals surface area contributed by atoms with Gasteiger partial charge in [0, 0.05) is 27.8 Å². The summed E-state index contributed by atoms with van der Waals surface area (Å²) in [7, 11) is 1.35. The minimum absolute atomic E-state index is 0.281. The van der Waals surface area contributed by atoms with Gasteiger partial charge in [0.25, 0.3) is 5.91 Å². The largest absolute Gasteiger partial charge is 0.489 e. The number of fused-ring (bicyclic) bond motifs is 1. The molecule has 0 aliphatic heterocycles. The number of rotatable bonds is 10. The van der Waals surface area contributed by atoms with Crippen LogP contribution >= 0.6 is 11.8 Å². The van der Waals surface area contributed by atoms with Crippen molar-refractivity contribution in [2.24, 2.45) is 5.10 Å². The van der Waals surface area contributed by atoms with Gasteiger partial charge in [0.1, 0.15) is 12.4 Å². The summed E-state index contributed by atoms with van der Waals surface area (Å²) in [5.74, 6) is 0.816. The molecule has 8 heteroatoms. The van der Waals surface area contributed by atoms with Gasteiger partial charge >= 0.3 is 5.97 Å². The number of amides is 1. The summed E-state index contributed by atoms with van der Waals surface area (Å²) in [5, 5.41) is 5.20. The van der Waals surface area contributed by atoms with E-state index in [0.29, 0.717) is 23.5 Å². The molecule has 0 saturated heterocycles. The molecule has 5 rings (SSSR count). The summed E-state index contributed by atoms with van der Waals surface area (Å²) in [6.07, 6.45) is 3.39. The molecule has 204 valence electrons. The van der Waals surface area contributed by atoms with E-state index < -0.39 is 0 Å². The Morgan fingerprint density at radius 2 is 1.56 bits per heavy atom. The van der Waals surface area contributed by atoms with Crippen LogP contribution in [0.1, 0.15) is 37.4 Å². The third-order valence-corrected chi connectivity index (χ3v) is 7.36. The minimum Gasteiger partial charge on any atom is -0.489 e. The molecule has 4 aromatic carbocycles. The quantitative estimate of drug-likeness (QED) is 0.0888. The number of aromatic nitrogens is 1. The number of hydrogen-bond acceptors (Lipinski definition) is 7. The molecule has 0 atom stereocenters. The predicted molar refractivity (Wildman–Crippen MR) is 161 cm³/mol. The van der Waals surface area contributed by atoms with Crippen LogP contribution in [-0.4, -0.2) is 30.2 Å². The highest BCUT2D eigenvalue weighted by molar-refractivity contribution is 7.98. The highest BCUT2D eigenvalue weighted by atomic mass is 32.2. The molecule has 41 heavy (non-hydrogen) atoms. The third kappa shape index (κ3) is 7.38. The highest BCUT2D eigenvalue weighted by Gasteiger charge is 2.07. The average Bonchev–Trinajstić information content (AvgIpc) is 3.03. The number of nitrogens with one attached hydrogen (secondary N) is 1. The second-order valence-electron chi connectivity index (χ2n) is 9.06. The number of carbonyl (C=O) groups is 2. The maximum absolute atomic E-state index is 12.5. The molecule has 1 aromatic heterocycles. The number of hydrazone groups is 1. The number of nitrogens with zero attached hydrogens (tertiary/aromatic N) is 2. The number of ether oxygens (including phenoxy) is 2. The maximum Gasteiger partial charge on any atom is 0.337 e. The topological polar surface area (TPSA) is 89.9 Å². The molecule has 0 saturated carbocycles. The van der Waals surface area contributed by atoms with Crippen molar-refractivity contribution in [2.75, 3.05) is 7.11 Å². The normalized spacial score (nSPS) is 11.0. The van der Waals surface area contributed by atoms with Crippen molar-refractivity contribution in [3.05, 3.63) is 137 Å². The lowest BCUT2D eigenvalue weighted by Gasteiger charge is -2.07. The Bertz CT molecular complexity index is 1660. The van der Waals surface area contributed by atoms with Crippen LogP contribution in [0.5, 0.6) is 5.75 Å². The standard InChI is InChI=1S/C33H27N3O4S/c1-39-33(38)28-15-7-24(8-16-28)21-40-29-17-11-23(12-18-29)20-35-36-32(37)27-13-9-25(10-14-27)22-41-30-6-2-4-26-5-3-19-34-31(26)30/h2-20H,21-22H2,1H3,(H,36,37)/b35-20+. The van der Waals surface area contributed by atoms with Gasteiger partial charge in [0.2, 0.25) is 0 Å². The molecule has 0 bridgehead atoms. The van der Waals surface area contributed by atoms with Crippen molar-refractivity contribution in [1.29, 1.82) is 0 Å². The van der Waals surface area contributed by atoms with Gasteiger partial charge in [0.05, 0.1) is 24.4 Å². The van der Waals surface area contributed by atoms with Gasteiger partial charge in [-0.25, -0.2) is 10.2 Å². The molecular formula is C33H27N3O4S. The summed E-state index contributed by atoms with van der Waals surface area (Å²) in [6.45, 7) is 0.364. The molecule has 5 aromatic rings. The fourth-order valence-corrected chi connectivity index (χ4v) is 5.00. The Labute approximate surface area is 242 Å². The van der Waals surface area contributed by atoms with E-state index in [-0.39, 0.29) is 11.9 Å². The molecule has 7 nitrogen and oxygen atoms in total. The fraction of sp³-hybridized carbons (Fsp3) is 0.0909. The summed E-state index contributed by atoms with van der Waals surface area (Å²) < 4.78 is 10.5. The molecule has 0 aliphatic carbocycles. The number of pyridine rings is 1. The van der Waals surface area contributed by atoms with Crippen LogP contribution in [0.4, 0.5) is 0 Å². The van der Waals surface area contributed by atoms with Crippen molar-refractivity contribution in [1.82, 2.24) is 10.4 Å². The van der Waals surface area contributed by atoms with Gasteiger partial charge in [0.15, 0.2) is 0 Å². The van der Waals surface area contributed by atoms with Gasteiger partial charge in [-0.2, -0.15) is 5.10 Å². The Kier molecular flexibility index (Phi) is 9.03. The number of methoxy groups -OCH3 is 1. The first-order chi connectivity index (χ1) is 20.1. The van der Waals surface area contributed by atoms with E-state index in [1.54, 1.807) is 42.2 Å². The molecule has 0 unspecified atom stereocenters. The molecule has 0 radical (unpaired) electrons. The van der Waals surface area contributed by atoms with Crippen LogP contribution < -0.4 is 10.2 Å². The van der Waals surface area contributed by atoms with Crippen LogP contribution in [0.25, 0.3) is 10.9 Å². The minimum atomic E-state index is -0.371. The van der Waals surface area contributed by atoms with Crippen molar-refractivity contribution in [2.45, 2.75) is 17.3 Å². The van der Waals surface area contributed by atoms with E-state index >= 15 is 0 Å². The zero-order chi connectivity index (χ0) is 28.4. The van der Waals surface area contributed by atoms with Crippen molar-refractivity contribution < 1.29 is 19.1 Å². The predicted octanol–water partition coefficient (Wildman–Crippen LogP) is 6.66. The third-order valence-electron chi connectivity index (χ3n) is 6.25. The first-order valence-corrected chi connectivity index (χ1v) is 13.9. The maximum atomic E-state index is 12.5. The average molecular weight is 562 g/mol. The smallest absolute Gasteiger partial charge is 0.337 e.